The lowest BCUT2D eigenvalue weighted by Gasteiger charge is -2.20. The van der Waals surface area contributed by atoms with Gasteiger partial charge in [-0.2, -0.15) is 15.4 Å². The Hall–Kier alpha value is -1.01. The van der Waals surface area contributed by atoms with Crippen LogP contribution in [0.5, 0.6) is 0 Å². The predicted molar refractivity (Wildman–Crippen MR) is 33.0 cm³/mol. The van der Waals surface area contributed by atoms with Crippen LogP contribution in [0.3, 0.4) is 0 Å². The van der Waals surface area contributed by atoms with Crippen LogP contribution in [-0.2, 0) is 0 Å². The first-order chi connectivity index (χ1) is 4.61. The van der Waals surface area contributed by atoms with Crippen molar-refractivity contribution in [1.29, 1.82) is 0 Å². The third-order valence-corrected chi connectivity index (χ3v) is 0.948. The van der Waals surface area contributed by atoms with Crippen molar-refractivity contribution >= 4 is 5.82 Å². The zero-order chi connectivity index (χ0) is 7.61. The zero-order valence-corrected chi connectivity index (χ0v) is 5.01. The normalized spacial score (nSPS) is 11.5. The van der Waals surface area contributed by atoms with Crippen molar-refractivity contribution in [3.8, 4) is 0 Å². The zero-order valence-electron chi connectivity index (χ0n) is 5.01. The van der Waals surface area contributed by atoms with Gasteiger partial charge in [0, 0.05) is 12.3 Å². The smallest absolute Gasteiger partial charge is 0.295 e. The molecule has 0 unspecified atom stereocenters. The van der Waals surface area contributed by atoms with Crippen LogP contribution >= 0.6 is 0 Å². The first-order valence-electron chi connectivity index (χ1n) is 2.58. The lowest BCUT2D eigenvalue weighted by Crippen LogP contribution is -2.35. The summed E-state index contributed by atoms with van der Waals surface area (Å²) in [5.74, 6) is -0.359. The standard InChI is InChI=1S/C5H6N2O3/c8-7(9,10)5-3-1-2-4-6-5/h1-4,8-9H. The van der Waals surface area contributed by atoms with E-state index in [2.05, 4.69) is 4.98 Å². The third kappa shape index (κ3) is 1.49. The average Bonchev–Trinajstić information content (AvgIpc) is 1.88. The van der Waals surface area contributed by atoms with E-state index in [0.717, 1.165) is 0 Å². The Morgan fingerprint density at radius 2 is 2.10 bits per heavy atom. The minimum absolute atomic E-state index is 0.359. The van der Waals surface area contributed by atoms with Gasteiger partial charge in [0.25, 0.3) is 5.82 Å². The number of nitrogens with zero attached hydrogens (tertiary/aromatic N) is 2. The van der Waals surface area contributed by atoms with Gasteiger partial charge in [-0.3, -0.25) is 0 Å². The summed E-state index contributed by atoms with van der Waals surface area (Å²) in [6.07, 6.45) is 1.30. The van der Waals surface area contributed by atoms with Crippen molar-refractivity contribution in [2.24, 2.45) is 0 Å². The monoisotopic (exact) mass is 142 g/mol. The minimum atomic E-state index is -2.47. The molecule has 0 aromatic carbocycles. The van der Waals surface area contributed by atoms with Crippen molar-refractivity contribution in [3.63, 3.8) is 0 Å². The second-order valence-electron chi connectivity index (χ2n) is 1.73. The number of pyridine rings is 1. The lowest BCUT2D eigenvalue weighted by molar-refractivity contribution is -0.254. The van der Waals surface area contributed by atoms with Crippen molar-refractivity contribution in [2.75, 3.05) is 0 Å². The van der Waals surface area contributed by atoms with E-state index in [1.54, 1.807) is 6.07 Å². The lowest BCUT2D eigenvalue weighted by atomic mass is 10.5. The summed E-state index contributed by atoms with van der Waals surface area (Å²) < 4.78 is 0. The molecule has 1 rings (SSSR count). The highest BCUT2D eigenvalue weighted by Crippen LogP contribution is 2.10. The summed E-state index contributed by atoms with van der Waals surface area (Å²) in [5.41, 5.74) is 0. The van der Waals surface area contributed by atoms with E-state index in [-0.39, 0.29) is 5.82 Å². The largest absolute Gasteiger partial charge is 0.558 e. The molecule has 10 heavy (non-hydrogen) atoms. The maximum atomic E-state index is 10.3. The molecule has 5 heteroatoms. The fourth-order valence-electron chi connectivity index (χ4n) is 0.526. The van der Waals surface area contributed by atoms with Crippen LogP contribution in [0.25, 0.3) is 0 Å². The third-order valence-electron chi connectivity index (χ3n) is 0.948. The Labute approximate surface area is 56.9 Å². The van der Waals surface area contributed by atoms with Crippen LogP contribution < -0.4 is 4.97 Å². The Morgan fingerprint density at radius 1 is 1.40 bits per heavy atom. The van der Waals surface area contributed by atoms with Gasteiger partial charge in [-0.25, -0.2) is 0 Å². The highest BCUT2D eigenvalue weighted by Gasteiger charge is 2.14. The highest BCUT2D eigenvalue weighted by atomic mass is 17.1. The van der Waals surface area contributed by atoms with Gasteiger partial charge >= 0.3 is 0 Å². The van der Waals surface area contributed by atoms with Crippen molar-refractivity contribution in [3.05, 3.63) is 29.6 Å². The van der Waals surface area contributed by atoms with Crippen LogP contribution in [0, 0.1) is 5.21 Å². The first kappa shape index (κ1) is 7.10. The van der Waals surface area contributed by atoms with Gasteiger partial charge in [0.05, 0.1) is 0 Å². The summed E-state index contributed by atoms with van der Waals surface area (Å²) in [6.45, 7) is 0. The highest BCUT2D eigenvalue weighted by molar-refractivity contribution is 5.27. The number of quaternary nitrogens is 1. The molecule has 1 aromatic heterocycles. The molecule has 0 saturated carbocycles. The molecule has 2 N–H and O–H groups in total. The summed E-state index contributed by atoms with van der Waals surface area (Å²) in [7, 11) is 0. The van der Waals surface area contributed by atoms with E-state index >= 15 is 0 Å². The van der Waals surface area contributed by atoms with Gasteiger partial charge in [-0.1, -0.05) is 6.07 Å². The minimum Gasteiger partial charge on any atom is -0.558 e. The summed E-state index contributed by atoms with van der Waals surface area (Å²) in [6, 6.07) is 4.27. The summed E-state index contributed by atoms with van der Waals surface area (Å²) in [5, 5.41) is 27.0. The van der Waals surface area contributed by atoms with Crippen LogP contribution in [0.2, 0.25) is 0 Å². The second-order valence-corrected chi connectivity index (χ2v) is 1.73. The van der Waals surface area contributed by atoms with Gasteiger partial charge in [-0.15, -0.1) is 0 Å². The maximum absolute atomic E-state index is 10.3. The summed E-state index contributed by atoms with van der Waals surface area (Å²) >= 11 is 0. The van der Waals surface area contributed by atoms with E-state index in [1.165, 1.54) is 18.3 Å². The van der Waals surface area contributed by atoms with Crippen LogP contribution in [0.15, 0.2) is 24.4 Å². The second kappa shape index (κ2) is 2.31. The topological polar surface area (TPSA) is 76.4 Å². The van der Waals surface area contributed by atoms with Gasteiger partial charge < -0.3 is 5.21 Å². The van der Waals surface area contributed by atoms with Gasteiger partial charge in [0.2, 0.25) is 0 Å². The number of hydrogen-bond acceptors (Lipinski definition) is 4. The van der Waals surface area contributed by atoms with Crippen LogP contribution in [-0.4, -0.2) is 15.4 Å². The first-order valence-corrected chi connectivity index (χ1v) is 2.58. The SMILES string of the molecule is [O-][N+](O)(O)c1ccccn1. The fraction of sp³-hybridized carbons (Fsp3) is 0. The van der Waals surface area contributed by atoms with Gasteiger partial charge in [-0.05, 0) is 11.0 Å². The molecule has 0 aliphatic heterocycles. The van der Waals surface area contributed by atoms with Crippen LogP contribution in [0.4, 0.5) is 5.82 Å². The number of aromatic nitrogens is 1. The molecule has 0 aliphatic carbocycles. The van der Waals surface area contributed by atoms with E-state index in [9.17, 15) is 5.21 Å². The molecule has 0 atom stereocenters. The molecule has 0 radical (unpaired) electrons. The van der Waals surface area contributed by atoms with E-state index in [1.807, 2.05) is 0 Å². The van der Waals surface area contributed by atoms with E-state index < -0.39 is 4.97 Å². The molecule has 0 bridgehead atoms. The van der Waals surface area contributed by atoms with E-state index in [4.69, 9.17) is 10.4 Å². The average molecular weight is 142 g/mol. The van der Waals surface area contributed by atoms with Crippen LogP contribution in [0.1, 0.15) is 0 Å². The Morgan fingerprint density at radius 3 is 2.40 bits per heavy atom. The Kier molecular flexibility index (Phi) is 1.64. The van der Waals surface area contributed by atoms with Crippen molar-refractivity contribution < 1.29 is 10.4 Å². The van der Waals surface area contributed by atoms with Crippen molar-refractivity contribution in [2.45, 2.75) is 0 Å². The van der Waals surface area contributed by atoms with Gasteiger partial charge in [0.15, 0.2) is 0 Å². The molecular formula is C5H6N2O3. The number of rotatable bonds is 1. The van der Waals surface area contributed by atoms with E-state index in [0.29, 0.717) is 0 Å². The molecule has 0 amide bonds. The molecule has 0 spiro atoms. The molecule has 1 aromatic rings. The molecule has 54 valence electrons. The molecule has 0 aliphatic rings. The summed E-state index contributed by atoms with van der Waals surface area (Å²) in [4.78, 5) is 0.938. The molecule has 0 saturated heterocycles. The Balaban J connectivity index is 2.97. The quantitative estimate of drug-likeness (QED) is 0.446. The fourth-order valence-corrected chi connectivity index (χ4v) is 0.526. The molecule has 5 nitrogen and oxygen atoms in total. The Bertz CT molecular complexity index is 206. The van der Waals surface area contributed by atoms with Gasteiger partial charge in [0.1, 0.15) is 0 Å². The van der Waals surface area contributed by atoms with Crippen molar-refractivity contribution in [1.82, 2.24) is 9.96 Å². The number of hydrogen-bond donors (Lipinski definition) is 2. The predicted octanol–water partition coefficient (Wildman–Crippen LogP) is 0.665. The molecule has 1 heterocycles. The molecular weight excluding hydrogens is 136 g/mol. The maximum Gasteiger partial charge on any atom is 0.295 e. The molecule has 0 fully saturated rings.